The first-order chi connectivity index (χ1) is 10.6. The van der Waals surface area contributed by atoms with Crippen molar-refractivity contribution in [3.8, 4) is 11.5 Å². The fraction of sp³-hybridized carbons (Fsp3) is 0.444. The first-order valence-electron chi connectivity index (χ1n) is 7.76. The minimum absolute atomic E-state index is 0.0293. The molecule has 1 saturated heterocycles. The number of hydrogen-bond donors (Lipinski definition) is 2. The van der Waals surface area contributed by atoms with E-state index in [9.17, 15) is 10.2 Å². The van der Waals surface area contributed by atoms with Crippen LogP contribution < -0.4 is 0 Å². The van der Waals surface area contributed by atoms with Gasteiger partial charge in [-0.1, -0.05) is 12.1 Å². The monoisotopic (exact) mass is 299 g/mol. The second-order valence-corrected chi connectivity index (χ2v) is 6.64. The second kappa shape index (κ2) is 4.53. The third-order valence-electron chi connectivity index (χ3n) is 5.66. The van der Waals surface area contributed by atoms with Crippen LogP contribution in [0.1, 0.15) is 24.0 Å². The normalized spacial score (nSPS) is 30.0. The van der Waals surface area contributed by atoms with Crippen molar-refractivity contribution < 1.29 is 14.9 Å². The molecular weight excluding hydrogens is 278 g/mol. The van der Waals surface area contributed by atoms with Crippen LogP contribution in [0.4, 0.5) is 0 Å². The van der Waals surface area contributed by atoms with Gasteiger partial charge in [-0.25, -0.2) is 0 Å². The van der Waals surface area contributed by atoms with Crippen LogP contribution in [-0.4, -0.2) is 41.9 Å². The summed E-state index contributed by atoms with van der Waals surface area (Å²) < 4.78 is 5.50. The molecule has 116 valence electrons. The van der Waals surface area contributed by atoms with Crippen LogP contribution in [-0.2, 0) is 16.6 Å². The van der Waals surface area contributed by atoms with E-state index in [0.717, 1.165) is 42.7 Å². The Balaban J connectivity index is 1.99. The van der Waals surface area contributed by atoms with Gasteiger partial charge in [0.25, 0.3) is 0 Å². The number of piperidine rings is 1. The van der Waals surface area contributed by atoms with Gasteiger partial charge in [0.05, 0.1) is 12.9 Å². The Morgan fingerprint density at radius 3 is 2.86 bits per heavy atom. The highest BCUT2D eigenvalue weighted by Crippen LogP contribution is 2.56. The van der Waals surface area contributed by atoms with Crippen molar-refractivity contribution in [2.75, 3.05) is 20.7 Å². The summed E-state index contributed by atoms with van der Waals surface area (Å²) >= 11 is 0. The molecule has 1 fully saturated rings. The van der Waals surface area contributed by atoms with Crippen molar-refractivity contribution in [1.82, 2.24) is 4.90 Å². The SMILES string of the molecule is COC1=CC=C2C3Cc4ccc(O)c(O)c4[C@@]2(CCN3C)C1. The summed E-state index contributed by atoms with van der Waals surface area (Å²) in [6, 6.07) is 3.92. The molecule has 1 heterocycles. The van der Waals surface area contributed by atoms with Crippen molar-refractivity contribution >= 4 is 0 Å². The van der Waals surface area contributed by atoms with E-state index in [4.69, 9.17) is 4.74 Å². The fourth-order valence-corrected chi connectivity index (χ4v) is 4.52. The van der Waals surface area contributed by atoms with E-state index < -0.39 is 0 Å². The van der Waals surface area contributed by atoms with Gasteiger partial charge in [0.1, 0.15) is 0 Å². The van der Waals surface area contributed by atoms with Crippen LogP contribution >= 0.6 is 0 Å². The predicted molar refractivity (Wildman–Crippen MR) is 84.0 cm³/mol. The zero-order chi connectivity index (χ0) is 15.5. The molecule has 4 rings (SSSR count). The highest BCUT2D eigenvalue weighted by molar-refractivity contribution is 5.62. The van der Waals surface area contributed by atoms with Gasteiger partial charge in [-0.05, 0) is 49.7 Å². The minimum Gasteiger partial charge on any atom is -0.504 e. The maximum Gasteiger partial charge on any atom is 0.161 e. The molecule has 1 aliphatic heterocycles. The summed E-state index contributed by atoms with van der Waals surface area (Å²) in [4.78, 5) is 2.39. The number of hydrogen-bond acceptors (Lipinski definition) is 4. The topological polar surface area (TPSA) is 52.9 Å². The van der Waals surface area contributed by atoms with Crippen molar-refractivity contribution in [3.63, 3.8) is 0 Å². The number of phenols is 2. The van der Waals surface area contributed by atoms with E-state index in [1.807, 2.05) is 12.1 Å². The second-order valence-electron chi connectivity index (χ2n) is 6.64. The quantitative estimate of drug-likeness (QED) is 0.782. The number of aromatic hydroxyl groups is 2. The number of nitrogens with zero attached hydrogens (tertiary/aromatic N) is 1. The van der Waals surface area contributed by atoms with Crippen molar-refractivity contribution in [1.29, 1.82) is 0 Å². The van der Waals surface area contributed by atoms with Gasteiger partial charge >= 0.3 is 0 Å². The molecular formula is C18H21NO3. The highest BCUT2D eigenvalue weighted by Gasteiger charge is 2.51. The molecule has 4 heteroatoms. The summed E-state index contributed by atoms with van der Waals surface area (Å²) in [5, 5.41) is 20.6. The van der Waals surface area contributed by atoms with Gasteiger partial charge in [0, 0.05) is 23.4 Å². The minimum atomic E-state index is -0.242. The Hall–Kier alpha value is -1.94. The lowest BCUT2D eigenvalue weighted by Gasteiger charge is -2.53. The third kappa shape index (κ3) is 1.61. The van der Waals surface area contributed by atoms with Crippen LogP contribution in [0.15, 0.2) is 35.6 Å². The molecule has 4 nitrogen and oxygen atoms in total. The van der Waals surface area contributed by atoms with Crippen molar-refractivity contribution in [3.05, 3.63) is 46.7 Å². The molecule has 0 spiro atoms. The molecule has 1 unspecified atom stereocenters. The fourth-order valence-electron chi connectivity index (χ4n) is 4.52. The Kier molecular flexibility index (Phi) is 2.82. The van der Waals surface area contributed by atoms with E-state index in [1.165, 1.54) is 5.57 Å². The highest BCUT2D eigenvalue weighted by atomic mass is 16.5. The van der Waals surface area contributed by atoms with Crippen LogP contribution in [0.2, 0.25) is 0 Å². The molecule has 2 bridgehead atoms. The Morgan fingerprint density at radius 1 is 1.27 bits per heavy atom. The predicted octanol–water partition coefficient (Wildman–Crippen LogP) is 2.46. The molecule has 1 aromatic rings. The van der Waals surface area contributed by atoms with Gasteiger partial charge in [0.2, 0.25) is 0 Å². The standard InChI is InChI=1S/C18H21NO3/c1-19-8-7-18-10-12(22-2)4-5-13(18)14(19)9-11-3-6-15(20)17(21)16(11)18/h3-6,14,20-21H,7-10H2,1-2H3/t14?,18-/m0/s1. The smallest absolute Gasteiger partial charge is 0.161 e. The molecule has 0 saturated carbocycles. The van der Waals surface area contributed by atoms with Gasteiger partial charge in [-0.3, -0.25) is 4.90 Å². The van der Waals surface area contributed by atoms with E-state index in [2.05, 4.69) is 18.0 Å². The molecule has 0 aromatic heterocycles. The maximum absolute atomic E-state index is 10.6. The molecule has 2 aliphatic carbocycles. The average Bonchev–Trinajstić information content (AvgIpc) is 2.53. The lowest BCUT2D eigenvalue weighted by molar-refractivity contribution is 0.146. The molecule has 3 aliphatic rings. The van der Waals surface area contributed by atoms with Crippen molar-refractivity contribution in [2.24, 2.45) is 0 Å². The van der Waals surface area contributed by atoms with Crippen molar-refractivity contribution in [2.45, 2.75) is 30.7 Å². The maximum atomic E-state index is 10.6. The van der Waals surface area contributed by atoms with Crippen LogP contribution in [0.5, 0.6) is 11.5 Å². The number of likely N-dealkylation sites (N-methyl/N-ethyl adjacent to an activating group) is 1. The number of ether oxygens (including phenoxy) is 1. The summed E-state index contributed by atoms with van der Waals surface area (Å²) in [5.41, 5.74) is 3.15. The van der Waals surface area contributed by atoms with Gasteiger partial charge in [0.15, 0.2) is 11.5 Å². The Morgan fingerprint density at radius 2 is 2.09 bits per heavy atom. The first kappa shape index (κ1) is 13.7. The number of likely N-dealkylation sites (tertiary alicyclic amines) is 1. The number of allylic oxidation sites excluding steroid dienone is 3. The van der Waals surface area contributed by atoms with Crippen LogP contribution in [0.3, 0.4) is 0 Å². The Bertz CT molecular complexity index is 707. The molecule has 1 aromatic carbocycles. The van der Waals surface area contributed by atoms with Crippen LogP contribution in [0, 0.1) is 0 Å². The molecule has 0 radical (unpaired) electrons. The van der Waals surface area contributed by atoms with E-state index in [0.29, 0.717) is 6.04 Å². The van der Waals surface area contributed by atoms with Gasteiger partial charge < -0.3 is 14.9 Å². The number of rotatable bonds is 1. The van der Waals surface area contributed by atoms with E-state index in [1.54, 1.807) is 13.2 Å². The molecule has 0 amide bonds. The largest absolute Gasteiger partial charge is 0.504 e. The molecule has 22 heavy (non-hydrogen) atoms. The number of methoxy groups -OCH3 is 1. The zero-order valence-corrected chi connectivity index (χ0v) is 13.0. The van der Waals surface area contributed by atoms with Gasteiger partial charge in [-0.15, -0.1) is 0 Å². The lowest BCUT2D eigenvalue weighted by Crippen LogP contribution is -2.54. The number of phenolic OH excluding ortho intramolecular Hbond substituents is 2. The summed E-state index contributed by atoms with van der Waals surface area (Å²) in [7, 11) is 3.86. The van der Waals surface area contributed by atoms with E-state index in [-0.39, 0.29) is 16.9 Å². The number of benzene rings is 1. The van der Waals surface area contributed by atoms with Crippen LogP contribution in [0.25, 0.3) is 0 Å². The lowest BCUT2D eigenvalue weighted by atomic mass is 9.57. The number of fused-ring (bicyclic) bond motifs is 1. The zero-order valence-electron chi connectivity index (χ0n) is 13.0. The van der Waals surface area contributed by atoms with E-state index >= 15 is 0 Å². The molecule has 2 N–H and O–H groups in total. The average molecular weight is 299 g/mol. The molecule has 2 atom stereocenters. The third-order valence-corrected chi connectivity index (χ3v) is 5.66. The van der Waals surface area contributed by atoms with Gasteiger partial charge in [-0.2, -0.15) is 0 Å². The summed E-state index contributed by atoms with van der Waals surface area (Å²) in [6.45, 7) is 0.980. The summed E-state index contributed by atoms with van der Waals surface area (Å²) in [6.07, 6.45) is 6.77. The summed E-state index contributed by atoms with van der Waals surface area (Å²) in [5.74, 6) is 0.949. The first-order valence-corrected chi connectivity index (χ1v) is 7.76. The Labute approximate surface area is 130 Å².